The van der Waals surface area contributed by atoms with Gasteiger partial charge in [-0.15, -0.1) is 0 Å². The lowest BCUT2D eigenvalue weighted by Gasteiger charge is -2.38. The van der Waals surface area contributed by atoms with Crippen molar-refractivity contribution in [2.75, 3.05) is 106 Å². The number of hydrogen-bond donors (Lipinski definition) is 0. The molecule has 0 aliphatic rings. The molecule has 0 fully saturated rings. The number of fused-ring (bicyclic) bond motifs is 1. The summed E-state index contributed by atoms with van der Waals surface area (Å²) >= 11 is 0. The van der Waals surface area contributed by atoms with Crippen molar-refractivity contribution < 1.29 is 55.2 Å². The molecular weight excluding hydrogens is 1060 g/mol. The van der Waals surface area contributed by atoms with Crippen LogP contribution in [0.25, 0.3) is 10.8 Å². The maximum Gasteiger partial charge on any atom is 0.297 e. The van der Waals surface area contributed by atoms with Crippen LogP contribution in [0.15, 0.2) is 163 Å². The molecule has 12 nitrogen and oxygen atoms in total. The molecule has 0 aromatic heterocycles. The molecule has 7 aromatic rings. The Kier molecular flexibility index (Phi) is 23.8. The standard InChI is InChI=1S/C70H88O12S/c1-53-17-35-62(36-18-53)83(71,72)82-52-48-78-44-40-74-39-43-77-47-51-81-66-16-12-13-63-64(66)14-11-15-65(63)80-50-46-76-42-38-73-37-41-75-45-49-79-61-33-31-60(32-34-61)70(57-25-19-54(20-26-57)67(2,3)4,58-27-21-55(22-28-58)68(5,6)7)59-29-23-56(24-30-59)69(8,9)10/h11-36H,37-52H2,1-10H3. The minimum atomic E-state index is -3.81. The van der Waals surface area contributed by atoms with Gasteiger partial charge in [0.05, 0.1) is 96.2 Å². The van der Waals surface area contributed by atoms with Gasteiger partial charge in [0.15, 0.2) is 0 Å². The molecule has 0 spiro atoms. The number of aryl methyl sites for hydroxylation is 1. The van der Waals surface area contributed by atoms with Gasteiger partial charge < -0.3 is 42.6 Å². The van der Waals surface area contributed by atoms with Gasteiger partial charge in [-0.25, -0.2) is 0 Å². The van der Waals surface area contributed by atoms with Crippen LogP contribution in [0.5, 0.6) is 17.2 Å². The maximum absolute atomic E-state index is 12.3. The highest BCUT2D eigenvalue weighted by Crippen LogP contribution is 2.47. The number of hydrogen-bond acceptors (Lipinski definition) is 12. The molecule has 0 radical (unpaired) electrons. The summed E-state index contributed by atoms with van der Waals surface area (Å²) in [4.78, 5) is 0.122. The fourth-order valence-corrected chi connectivity index (χ4v) is 10.6. The number of benzene rings is 7. The molecule has 7 rings (SSSR count). The maximum atomic E-state index is 12.3. The van der Waals surface area contributed by atoms with Crippen LogP contribution in [0.3, 0.4) is 0 Å². The van der Waals surface area contributed by atoms with Crippen molar-refractivity contribution in [3.8, 4) is 17.2 Å². The van der Waals surface area contributed by atoms with Crippen molar-refractivity contribution >= 4 is 20.9 Å². The molecule has 7 aromatic carbocycles. The Morgan fingerprint density at radius 2 is 0.602 bits per heavy atom. The molecular formula is C70H88O12S. The van der Waals surface area contributed by atoms with Gasteiger partial charge in [-0.1, -0.05) is 189 Å². The van der Waals surface area contributed by atoms with Crippen LogP contribution in [-0.2, 0) is 64.4 Å². The quantitative estimate of drug-likeness (QED) is 0.0221. The van der Waals surface area contributed by atoms with Crippen LogP contribution in [-0.4, -0.2) is 114 Å². The Labute approximate surface area is 494 Å². The Hall–Kier alpha value is -6.13. The molecule has 0 bridgehead atoms. The zero-order valence-corrected chi connectivity index (χ0v) is 51.4. The Balaban J connectivity index is 0.777. The van der Waals surface area contributed by atoms with E-state index in [1.807, 2.05) is 43.3 Å². The third-order valence-corrected chi connectivity index (χ3v) is 15.7. The summed E-state index contributed by atoms with van der Waals surface area (Å²) in [5, 5.41) is 1.88. The molecule has 83 heavy (non-hydrogen) atoms. The zero-order chi connectivity index (χ0) is 59.4. The Morgan fingerprint density at radius 1 is 0.313 bits per heavy atom. The van der Waals surface area contributed by atoms with Crippen molar-refractivity contribution in [3.05, 3.63) is 202 Å². The fraction of sp³-hybridized carbons (Fsp3) is 0.429. The predicted molar refractivity (Wildman–Crippen MR) is 331 cm³/mol. The van der Waals surface area contributed by atoms with Crippen molar-refractivity contribution in [2.45, 2.75) is 95.8 Å². The van der Waals surface area contributed by atoms with Crippen LogP contribution >= 0.6 is 0 Å². The second kappa shape index (κ2) is 30.6. The molecule has 0 amide bonds. The van der Waals surface area contributed by atoms with E-state index < -0.39 is 15.5 Å². The van der Waals surface area contributed by atoms with E-state index in [0.29, 0.717) is 92.5 Å². The van der Waals surface area contributed by atoms with Gasteiger partial charge in [0.25, 0.3) is 10.1 Å². The first-order valence-electron chi connectivity index (χ1n) is 29.0. The van der Waals surface area contributed by atoms with Crippen molar-refractivity contribution in [3.63, 3.8) is 0 Å². The second-order valence-corrected chi connectivity index (χ2v) is 25.3. The van der Waals surface area contributed by atoms with Gasteiger partial charge >= 0.3 is 0 Å². The molecule has 446 valence electrons. The summed E-state index contributed by atoms with van der Waals surface area (Å²) in [6.45, 7) is 27.9. The Bertz CT molecular complexity index is 3000. The van der Waals surface area contributed by atoms with Crippen LogP contribution in [0.1, 0.15) is 107 Å². The molecule has 0 N–H and O–H groups in total. The highest BCUT2D eigenvalue weighted by atomic mass is 32.2. The first-order chi connectivity index (χ1) is 39.8. The van der Waals surface area contributed by atoms with E-state index in [1.54, 1.807) is 12.1 Å². The smallest absolute Gasteiger partial charge is 0.297 e. The first kappa shape index (κ1) is 64.4. The summed E-state index contributed by atoms with van der Waals surface area (Å²) in [6, 6.07) is 54.6. The predicted octanol–water partition coefficient (Wildman–Crippen LogP) is 13.8. The summed E-state index contributed by atoms with van der Waals surface area (Å²) in [6.07, 6.45) is 0. The highest BCUT2D eigenvalue weighted by Gasteiger charge is 2.39. The topological polar surface area (TPSA) is 126 Å². The average Bonchev–Trinajstić information content (AvgIpc) is 3.44. The summed E-state index contributed by atoms with van der Waals surface area (Å²) in [5.74, 6) is 2.27. The first-order valence-corrected chi connectivity index (χ1v) is 30.4. The molecule has 0 aliphatic heterocycles. The van der Waals surface area contributed by atoms with Crippen molar-refractivity contribution in [2.24, 2.45) is 0 Å². The van der Waals surface area contributed by atoms with Crippen LogP contribution in [0.2, 0.25) is 0 Å². The van der Waals surface area contributed by atoms with E-state index in [0.717, 1.165) is 39.1 Å². The summed E-state index contributed by atoms with van der Waals surface area (Å²) in [7, 11) is -3.81. The average molecular weight is 1150 g/mol. The van der Waals surface area contributed by atoms with Crippen LogP contribution < -0.4 is 14.2 Å². The van der Waals surface area contributed by atoms with E-state index in [1.165, 1.54) is 45.5 Å². The third kappa shape index (κ3) is 18.7. The molecule has 13 heteroatoms. The molecule has 0 aliphatic carbocycles. The lowest BCUT2D eigenvalue weighted by Crippen LogP contribution is -2.31. The van der Waals surface area contributed by atoms with Gasteiger partial charge in [-0.2, -0.15) is 8.42 Å². The van der Waals surface area contributed by atoms with Crippen LogP contribution in [0, 0.1) is 6.92 Å². The third-order valence-electron chi connectivity index (χ3n) is 14.4. The van der Waals surface area contributed by atoms with Gasteiger partial charge in [-0.05, 0) is 98.5 Å². The van der Waals surface area contributed by atoms with Crippen molar-refractivity contribution in [1.29, 1.82) is 0 Å². The van der Waals surface area contributed by atoms with E-state index in [9.17, 15) is 8.42 Å². The van der Waals surface area contributed by atoms with Gasteiger partial charge in [0.2, 0.25) is 0 Å². The second-order valence-electron chi connectivity index (χ2n) is 23.7. The minimum absolute atomic E-state index is 0.0258. The summed E-state index contributed by atoms with van der Waals surface area (Å²) in [5.41, 5.74) is 9.14. The van der Waals surface area contributed by atoms with E-state index in [4.69, 9.17) is 46.8 Å². The van der Waals surface area contributed by atoms with Gasteiger partial charge in [0, 0.05) is 10.8 Å². The molecule has 0 saturated heterocycles. The fourth-order valence-electron chi connectivity index (χ4n) is 9.66. The van der Waals surface area contributed by atoms with Gasteiger partial charge in [-0.3, -0.25) is 4.18 Å². The van der Waals surface area contributed by atoms with Crippen molar-refractivity contribution in [1.82, 2.24) is 0 Å². The Morgan fingerprint density at radius 3 is 0.940 bits per heavy atom. The largest absolute Gasteiger partial charge is 0.491 e. The zero-order valence-electron chi connectivity index (χ0n) is 50.6. The SMILES string of the molecule is Cc1ccc(S(=O)(=O)OCCOCCOCCOCCOc2cccc3c(OCCOCCOCCOCCOc4ccc(C(c5ccc(C(C)(C)C)cc5)(c5ccc(C(C)(C)C)cc5)c5ccc(C(C)(C)C)cc5)cc4)cccc23)cc1. The molecule has 0 unspecified atom stereocenters. The number of ether oxygens (including phenoxy) is 9. The highest BCUT2D eigenvalue weighted by molar-refractivity contribution is 7.86. The van der Waals surface area contributed by atoms with E-state index >= 15 is 0 Å². The minimum Gasteiger partial charge on any atom is -0.491 e. The normalized spacial score (nSPS) is 12.5. The molecule has 0 saturated carbocycles. The van der Waals surface area contributed by atoms with Crippen LogP contribution in [0.4, 0.5) is 0 Å². The van der Waals surface area contributed by atoms with E-state index in [-0.39, 0.29) is 34.4 Å². The van der Waals surface area contributed by atoms with Gasteiger partial charge in [0.1, 0.15) is 37.1 Å². The summed E-state index contributed by atoms with van der Waals surface area (Å²) < 4.78 is 82.1. The lowest BCUT2D eigenvalue weighted by molar-refractivity contribution is 0.00504. The monoisotopic (exact) mass is 1150 g/mol. The lowest BCUT2D eigenvalue weighted by atomic mass is 9.64. The number of rotatable bonds is 33. The molecule has 0 atom stereocenters. The van der Waals surface area contributed by atoms with E-state index in [2.05, 4.69) is 159 Å². The molecule has 0 heterocycles.